The van der Waals surface area contributed by atoms with E-state index >= 15 is 0 Å². The van der Waals surface area contributed by atoms with Crippen molar-refractivity contribution in [3.63, 3.8) is 0 Å². The number of hydrogen-bond acceptors (Lipinski definition) is 3. The van der Waals surface area contributed by atoms with E-state index in [1.807, 2.05) is 13.8 Å². The Bertz CT molecular complexity index is 629. The van der Waals surface area contributed by atoms with Crippen LogP contribution in [0.5, 0.6) is 0 Å². The third kappa shape index (κ3) is 5.12. The van der Waals surface area contributed by atoms with Crippen LogP contribution in [0.4, 0.5) is 4.39 Å². The van der Waals surface area contributed by atoms with Gasteiger partial charge in [0.15, 0.2) is 0 Å². The topological polar surface area (TPSA) is 72.2 Å². The maximum absolute atomic E-state index is 13.3. The van der Waals surface area contributed by atoms with Gasteiger partial charge in [0.25, 0.3) is 0 Å². The number of nitrogens with two attached hydrogens (primary N) is 1. The monoisotopic (exact) mass is 312 g/mol. The molecule has 1 rings (SSSR count). The number of rotatable bonds is 6. The van der Waals surface area contributed by atoms with E-state index in [-0.39, 0.29) is 22.9 Å². The van der Waals surface area contributed by atoms with Gasteiger partial charge in [-0.05, 0) is 24.1 Å². The summed E-state index contributed by atoms with van der Waals surface area (Å²) in [7, 11) is -3.71. The zero-order chi connectivity index (χ0) is 15.9. The minimum Gasteiger partial charge on any atom is -0.320 e. The molecule has 0 amide bonds. The molecule has 21 heavy (non-hydrogen) atoms. The van der Waals surface area contributed by atoms with Crippen LogP contribution in [0.3, 0.4) is 0 Å². The van der Waals surface area contributed by atoms with Gasteiger partial charge in [-0.25, -0.2) is 17.5 Å². The summed E-state index contributed by atoms with van der Waals surface area (Å²) >= 11 is 0. The van der Waals surface area contributed by atoms with Gasteiger partial charge in [-0.3, -0.25) is 0 Å². The maximum Gasteiger partial charge on any atom is 0.241 e. The van der Waals surface area contributed by atoms with Crippen molar-refractivity contribution in [3.8, 4) is 11.8 Å². The molecule has 0 aliphatic rings. The van der Waals surface area contributed by atoms with E-state index in [2.05, 4.69) is 16.6 Å². The highest BCUT2D eigenvalue weighted by Crippen LogP contribution is 2.17. The van der Waals surface area contributed by atoms with E-state index in [1.165, 1.54) is 6.07 Å². The zero-order valence-electron chi connectivity index (χ0n) is 12.3. The van der Waals surface area contributed by atoms with Crippen LogP contribution in [0.1, 0.15) is 32.3 Å². The third-order valence-corrected chi connectivity index (χ3v) is 4.75. The van der Waals surface area contributed by atoms with Crippen molar-refractivity contribution in [2.45, 2.75) is 31.6 Å². The fourth-order valence-electron chi connectivity index (χ4n) is 1.86. The van der Waals surface area contributed by atoms with Gasteiger partial charge in [0.05, 0.1) is 11.4 Å². The Kier molecular flexibility index (Phi) is 6.82. The number of benzene rings is 1. The first-order chi connectivity index (χ1) is 9.94. The minimum atomic E-state index is -3.71. The van der Waals surface area contributed by atoms with Crippen LogP contribution in [0.15, 0.2) is 23.1 Å². The van der Waals surface area contributed by atoms with Crippen LogP contribution >= 0.6 is 0 Å². The zero-order valence-corrected chi connectivity index (χ0v) is 13.1. The predicted octanol–water partition coefficient (Wildman–Crippen LogP) is 1.85. The molecule has 0 heterocycles. The summed E-state index contributed by atoms with van der Waals surface area (Å²) in [5, 5.41) is 0. The Labute approximate surface area is 126 Å². The molecule has 4 nitrogen and oxygen atoms in total. The highest BCUT2D eigenvalue weighted by Gasteiger charge is 2.19. The normalized spacial score (nSPS) is 11.3. The highest BCUT2D eigenvalue weighted by atomic mass is 32.2. The van der Waals surface area contributed by atoms with E-state index in [9.17, 15) is 12.8 Å². The molecule has 0 aromatic heterocycles. The lowest BCUT2D eigenvalue weighted by Gasteiger charge is -2.14. The van der Waals surface area contributed by atoms with Crippen LogP contribution in [0, 0.1) is 23.6 Å². The summed E-state index contributed by atoms with van der Waals surface area (Å²) in [6.07, 6.45) is 1.78. The second kappa shape index (κ2) is 8.13. The number of halogens is 1. The molecular weight excluding hydrogens is 291 g/mol. The van der Waals surface area contributed by atoms with E-state index in [0.717, 1.165) is 25.0 Å². The van der Waals surface area contributed by atoms with E-state index in [0.29, 0.717) is 6.54 Å². The van der Waals surface area contributed by atoms with Gasteiger partial charge in [-0.2, -0.15) is 0 Å². The molecule has 0 spiro atoms. The first-order valence-corrected chi connectivity index (χ1v) is 8.41. The molecule has 0 bridgehead atoms. The summed E-state index contributed by atoms with van der Waals surface area (Å²) in [5.41, 5.74) is 5.40. The van der Waals surface area contributed by atoms with Crippen molar-refractivity contribution in [2.75, 3.05) is 13.1 Å². The number of hydrogen-bond donors (Lipinski definition) is 2. The van der Waals surface area contributed by atoms with Crippen molar-refractivity contribution in [2.24, 2.45) is 11.7 Å². The lowest BCUT2D eigenvalue weighted by atomic mass is 10.0. The molecule has 0 saturated carbocycles. The fraction of sp³-hybridized carbons (Fsp3) is 0.467. The standard InChI is InChI=1S/C15H21FN2O2S/c1-3-12(4-2)11-18-21(19,20)15-8-7-14(16)10-13(15)6-5-9-17/h7-8,10,12,18H,3-4,9,11,17H2,1-2H3. The van der Waals surface area contributed by atoms with Crippen LogP contribution < -0.4 is 10.5 Å². The van der Waals surface area contributed by atoms with Crippen LogP contribution in [-0.4, -0.2) is 21.5 Å². The molecule has 116 valence electrons. The van der Waals surface area contributed by atoms with Crippen LogP contribution in [0.25, 0.3) is 0 Å². The van der Waals surface area contributed by atoms with Crippen LogP contribution in [0.2, 0.25) is 0 Å². The van der Waals surface area contributed by atoms with Crippen molar-refractivity contribution in [1.82, 2.24) is 4.72 Å². The maximum atomic E-state index is 13.3. The van der Waals surface area contributed by atoms with Gasteiger partial charge < -0.3 is 5.73 Å². The molecule has 3 N–H and O–H groups in total. The summed E-state index contributed by atoms with van der Waals surface area (Å²) in [6.45, 7) is 4.46. The SMILES string of the molecule is CCC(CC)CNS(=O)(=O)c1ccc(F)cc1C#CCN. The minimum absolute atomic E-state index is 0.0178. The lowest BCUT2D eigenvalue weighted by Crippen LogP contribution is -2.29. The lowest BCUT2D eigenvalue weighted by molar-refractivity contribution is 0.479. The van der Waals surface area contributed by atoms with Gasteiger partial charge in [0.2, 0.25) is 10.0 Å². The van der Waals surface area contributed by atoms with Gasteiger partial charge in [0, 0.05) is 12.1 Å². The molecule has 0 unspecified atom stereocenters. The highest BCUT2D eigenvalue weighted by molar-refractivity contribution is 7.89. The van der Waals surface area contributed by atoms with Crippen molar-refractivity contribution < 1.29 is 12.8 Å². The predicted molar refractivity (Wildman–Crippen MR) is 81.6 cm³/mol. The molecule has 0 fully saturated rings. The van der Waals surface area contributed by atoms with E-state index < -0.39 is 15.8 Å². The summed E-state index contributed by atoms with van der Waals surface area (Å²) in [5.74, 6) is 4.90. The Morgan fingerprint density at radius 2 is 2.00 bits per heavy atom. The number of sulfonamides is 1. The van der Waals surface area contributed by atoms with Crippen LogP contribution in [-0.2, 0) is 10.0 Å². The molecule has 0 aliphatic heterocycles. The van der Waals surface area contributed by atoms with Gasteiger partial charge >= 0.3 is 0 Å². The first kappa shape index (κ1) is 17.6. The molecule has 1 aromatic carbocycles. The fourth-order valence-corrected chi connectivity index (χ4v) is 3.12. The van der Waals surface area contributed by atoms with Crippen molar-refractivity contribution in [1.29, 1.82) is 0 Å². The second-order valence-corrected chi connectivity index (χ2v) is 6.42. The summed E-state index contributed by atoms with van der Waals surface area (Å²) in [4.78, 5) is -0.0178. The Hall–Kier alpha value is -1.42. The quantitative estimate of drug-likeness (QED) is 0.787. The molecule has 0 atom stereocenters. The summed E-state index contributed by atoms with van der Waals surface area (Å²) < 4.78 is 40.5. The van der Waals surface area contributed by atoms with E-state index in [1.54, 1.807) is 0 Å². The van der Waals surface area contributed by atoms with Gasteiger partial charge in [-0.15, -0.1) is 0 Å². The molecule has 6 heteroatoms. The first-order valence-electron chi connectivity index (χ1n) is 6.92. The Morgan fingerprint density at radius 1 is 1.33 bits per heavy atom. The average Bonchev–Trinajstić information content (AvgIpc) is 2.46. The van der Waals surface area contributed by atoms with E-state index in [4.69, 9.17) is 5.73 Å². The second-order valence-electron chi connectivity index (χ2n) is 4.68. The molecule has 1 aromatic rings. The van der Waals surface area contributed by atoms with Gasteiger partial charge in [-0.1, -0.05) is 38.5 Å². The third-order valence-electron chi connectivity index (χ3n) is 3.27. The largest absolute Gasteiger partial charge is 0.320 e. The smallest absolute Gasteiger partial charge is 0.241 e. The van der Waals surface area contributed by atoms with Crippen molar-refractivity contribution >= 4 is 10.0 Å². The molecular formula is C15H21FN2O2S. The summed E-state index contributed by atoms with van der Waals surface area (Å²) in [6, 6.07) is 3.44. The Balaban J connectivity index is 3.07. The molecule has 0 radical (unpaired) electrons. The molecule has 0 aliphatic carbocycles. The number of nitrogens with one attached hydrogen (secondary N) is 1. The molecule has 0 saturated heterocycles. The van der Waals surface area contributed by atoms with Crippen molar-refractivity contribution in [3.05, 3.63) is 29.6 Å². The average molecular weight is 312 g/mol. The van der Waals surface area contributed by atoms with Gasteiger partial charge in [0.1, 0.15) is 5.82 Å². The Morgan fingerprint density at radius 3 is 2.57 bits per heavy atom.